The van der Waals surface area contributed by atoms with Crippen molar-refractivity contribution in [1.29, 1.82) is 5.26 Å². The molecule has 0 amide bonds. The summed E-state index contributed by atoms with van der Waals surface area (Å²) in [5.74, 6) is -1.36. The number of hydrogen-bond acceptors (Lipinski definition) is 3. The molecule has 1 atom stereocenters. The van der Waals surface area contributed by atoms with Crippen LogP contribution in [0.5, 0.6) is 0 Å². The minimum absolute atomic E-state index is 0.445. The number of hydrogen-bond donors (Lipinski definition) is 0. The summed E-state index contributed by atoms with van der Waals surface area (Å²) < 4.78 is 12.9. The highest BCUT2D eigenvalue weighted by Gasteiger charge is 2.16. The van der Waals surface area contributed by atoms with Gasteiger partial charge in [-0.25, -0.2) is 0 Å². The Morgan fingerprint density at radius 2 is 2.29 bits per heavy atom. The Morgan fingerprint density at radius 1 is 1.64 bits per heavy atom. The zero-order valence-electron chi connectivity index (χ0n) is 7.40. The molecule has 0 saturated carbocycles. The lowest BCUT2D eigenvalue weighted by Gasteiger charge is -2.02. The Kier molecular flexibility index (Phi) is 2.77. The molecular weight excluding hydrogens is 187 g/mol. The topological polar surface area (TPSA) is 66.9 Å². The Labute approximate surface area is 79.7 Å². The smallest absolute Gasteiger partial charge is 0.258 e. The van der Waals surface area contributed by atoms with Crippen LogP contribution in [0.15, 0.2) is 18.2 Å². The van der Waals surface area contributed by atoms with Crippen LogP contribution in [0.1, 0.15) is 18.4 Å². The summed E-state index contributed by atoms with van der Waals surface area (Å²) in [5.41, 5.74) is -0.148. The van der Waals surface area contributed by atoms with Crippen molar-refractivity contribution < 1.29 is 9.31 Å². The second-order valence-electron chi connectivity index (χ2n) is 2.82. The summed E-state index contributed by atoms with van der Waals surface area (Å²) in [4.78, 5) is 9.56. The first kappa shape index (κ1) is 10.1. The van der Waals surface area contributed by atoms with Crippen molar-refractivity contribution in [2.24, 2.45) is 0 Å². The fraction of sp³-hybridized carbons (Fsp3) is 0.222. The van der Waals surface area contributed by atoms with Crippen molar-refractivity contribution >= 4 is 5.69 Å². The molecule has 0 bridgehead atoms. The van der Waals surface area contributed by atoms with Crippen molar-refractivity contribution in [3.05, 3.63) is 39.7 Å². The zero-order chi connectivity index (χ0) is 10.7. The normalized spacial score (nSPS) is 11.8. The van der Waals surface area contributed by atoms with E-state index >= 15 is 0 Å². The Bertz CT molecular complexity index is 412. The number of nitrogens with zero attached hydrogens (tertiary/aromatic N) is 2. The second-order valence-corrected chi connectivity index (χ2v) is 2.82. The summed E-state index contributed by atoms with van der Waals surface area (Å²) in [6, 6.07) is 5.38. The van der Waals surface area contributed by atoms with Crippen molar-refractivity contribution in [3.8, 4) is 6.07 Å². The molecule has 0 N–H and O–H groups in total. The third-order valence-electron chi connectivity index (χ3n) is 1.86. The highest BCUT2D eigenvalue weighted by molar-refractivity contribution is 5.39. The van der Waals surface area contributed by atoms with Crippen molar-refractivity contribution in [3.63, 3.8) is 0 Å². The quantitative estimate of drug-likeness (QED) is 0.536. The number of halogens is 1. The predicted octanol–water partition coefficient (Wildman–Crippen LogP) is 2.36. The molecule has 72 valence electrons. The first-order valence-corrected chi connectivity index (χ1v) is 3.89. The van der Waals surface area contributed by atoms with E-state index in [0.717, 1.165) is 12.1 Å². The lowest BCUT2D eigenvalue weighted by molar-refractivity contribution is -0.387. The van der Waals surface area contributed by atoms with E-state index in [1.165, 1.54) is 6.07 Å². The van der Waals surface area contributed by atoms with Crippen LogP contribution in [-0.2, 0) is 0 Å². The summed E-state index contributed by atoms with van der Waals surface area (Å²) in [5, 5.41) is 18.9. The highest BCUT2D eigenvalue weighted by Crippen LogP contribution is 2.23. The summed E-state index contributed by atoms with van der Waals surface area (Å²) in [6.07, 6.45) is 0. The standard InChI is InChI=1S/C9H7FN2O2/c1-6(5-11)7-2-3-8(10)9(4-7)12(13)14/h2-4,6H,1H3. The van der Waals surface area contributed by atoms with E-state index in [4.69, 9.17) is 5.26 Å². The Morgan fingerprint density at radius 3 is 2.79 bits per heavy atom. The van der Waals surface area contributed by atoms with Gasteiger partial charge in [0.05, 0.1) is 16.9 Å². The zero-order valence-corrected chi connectivity index (χ0v) is 7.40. The van der Waals surface area contributed by atoms with Crippen LogP contribution in [0.2, 0.25) is 0 Å². The minimum Gasteiger partial charge on any atom is -0.258 e. The Balaban J connectivity index is 3.21. The summed E-state index contributed by atoms with van der Waals surface area (Å²) >= 11 is 0. The largest absolute Gasteiger partial charge is 0.305 e. The van der Waals surface area contributed by atoms with Gasteiger partial charge in [-0.05, 0) is 18.6 Å². The van der Waals surface area contributed by atoms with Crippen LogP contribution in [-0.4, -0.2) is 4.92 Å². The average molecular weight is 194 g/mol. The van der Waals surface area contributed by atoms with Gasteiger partial charge < -0.3 is 0 Å². The van der Waals surface area contributed by atoms with Gasteiger partial charge in [-0.15, -0.1) is 0 Å². The van der Waals surface area contributed by atoms with Crippen LogP contribution in [0, 0.1) is 27.3 Å². The van der Waals surface area contributed by atoms with Gasteiger partial charge in [-0.2, -0.15) is 9.65 Å². The summed E-state index contributed by atoms with van der Waals surface area (Å²) in [7, 11) is 0. The maximum Gasteiger partial charge on any atom is 0.305 e. The maximum atomic E-state index is 12.9. The first-order valence-electron chi connectivity index (χ1n) is 3.89. The molecule has 0 spiro atoms. The van der Waals surface area contributed by atoms with Gasteiger partial charge in [-0.1, -0.05) is 6.07 Å². The van der Waals surface area contributed by atoms with Crippen LogP contribution in [0.4, 0.5) is 10.1 Å². The minimum atomic E-state index is -0.885. The lowest BCUT2D eigenvalue weighted by atomic mass is 10.0. The van der Waals surface area contributed by atoms with Gasteiger partial charge in [-0.3, -0.25) is 10.1 Å². The molecule has 0 radical (unpaired) electrons. The predicted molar refractivity (Wildman–Crippen MR) is 47.1 cm³/mol. The van der Waals surface area contributed by atoms with E-state index in [1.807, 2.05) is 6.07 Å². The van der Waals surface area contributed by atoms with Gasteiger partial charge in [0.25, 0.3) is 0 Å². The number of benzene rings is 1. The van der Waals surface area contributed by atoms with E-state index in [1.54, 1.807) is 6.92 Å². The molecule has 0 heterocycles. The van der Waals surface area contributed by atoms with Crippen LogP contribution in [0.25, 0.3) is 0 Å². The van der Waals surface area contributed by atoms with Crippen molar-refractivity contribution in [1.82, 2.24) is 0 Å². The van der Waals surface area contributed by atoms with Crippen LogP contribution >= 0.6 is 0 Å². The van der Waals surface area contributed by atoms with E-state index < -0.39 is 22.3 Å². The molecule has 0 aliphatic heterocycles. The van der Waals surface area contributed by atoms with E-state index in [9.17, 15) is 14.5 Å². The van der Waals surface area contributed by atoms with E-state index in [-0.39, 0.29) is 0 Å². The fourth-order valence-electron chi connectivity index (χ4n) is 1.01. The summed E-state index contributed by atoms with van der Waals surface area (Å²) in [6.45, 7) is 1.59. The van der Waals surface area contributed by atoms with Gasteiger partial charge in [0.15, 0.2) is 0 Å². The molecule has 0 aliphatic rings. The molecule has 1 unspecified atom stereocenters. The molecule has 4 nitrogen and oxygen atoms in total. The molecule has 14 heavy (non-hydrogen) atoms. The molecule has 0 aliphatic carbocycles. The van der Waals surface area contributed by atoms with E-state index in [2.05, 4.69) is 0 Å². The molecular formula is C9H7FN2O2. The van der Waals surface area contributed by atoms with Crippen molar-refractivity contribution in [2.75, 3.05) is 0 Å². The second kappa shape index (κ2) is 3.83. The molecule has 5 heteroatoms. The molecule has 1 aromatic carbocycles. The number of nitriles is 1. The third-order valence-corrected chi connectivity index (χ3v) is 1.86. The lowest BCUT2D eigenvalue weighted by Crippen LogP contribution is -1.96. The molecule has 0 fully saturated rings. The highest BCUT2D eigenvalue weighted by atomic mass is 19.1. The van der Waals surface area contributed by atoms with Crippen LogP contribution in [0.3, 0.4) is 0 Å². The van der Waals surface area contributed by atoms with E-state index in [0.29, 0.717) is 5.56 Å². The maximum absolute atomic E-state index is 12.9. The average Bonchev–Trinajstić information content (AvgIpc) is 2.17. The van der Waals surface area contributed by atoms with Crippen LogP contribution < -0.4 is 0 Å². The molecule has 0 aromatic heterocycles. The molecule has 0 saturated heterocycles. The number of nitro groups is 1. The molecule has 1 aromatic rings. The monoisotopic (exact) mass is 194 g/mol. The van der Waals surface area contributed by atoms with Gasteiger partial charge in [0, 0.05) is 6.07 Å². The number of rotatable bonds is 2. The first-order chi connectivity index (χ1) is 6.56. The Hall–Kier alpha value is -1.96. The molecule has 1 rings (SSSR count). The fourth-order valence-corrected chi connectivity index (χ4v) is 1.01. The third kappa shape index (κ3) is 1.85. The van der Waals surface area contributed by atoms with Crippen molar-refractivity contribution in [2.45, 2.75) is 12.8 Å². The van der Waals surface area contributed by atoms with Gasteiger partial charge in [0.1, 0.15) is 0 Å². The SMILES string of the molecule is CC(C#N)c1ccc(F)c([N+](=O)[O-])c1. The van der Waals surface area contributed by atoms with Gasteiger partial charge >= 0.3 is 5.69 Å². The number of nitro benzene ring substituents is 1. The van der Waals surface area contributed by atoms with Gasteiger partial charge in [0.2, 0.25) is 5.82 Å².